The SMILES string of the molecule is CC(C)CC(=O)Nc1cccc(CNC(=O)c2cc(C(C)C)n(C(C)(C)C)n2)c1. The summed E-state index contributed by atoms with van der Waals surface area (Å²) in [5, 5.41) is 10.4. The molecule has 0 bridgehead atoms. The van der Waals surface area contributed by atoms with Gasteiger partial charge in [-0.25, -0.2) is 0 Å². The number of hydrogen-bond acceptors (Lipinski definition) is 3. The maximum Gasteiger partial charge on any atom is 0.272 e. The molecule has 0 unspecified atom stereocenters. The van der Waals surface area contributed by atoms with Gasteiger partial charge in [0, 0.05) is 24.3 Å². The lowest BCUT2D eigenvalue weighted by molar-refractivity contribution is -0.116. The molecule has 2 rings (SSSR count). The standard InChI is InChI=1S/C23H34N4O2/c1-15(2)11-21(28)25-18-10-8-9-17(12-18)14-24-22(29)19-13-20(16(3)4)27(26-19)23(5,6)7/h8-10,12-13,15-16H,11,14H2,1-7H3,(H,24,29)(H,25,28). The number of aromatic nitrogens is 2. The fourth-order valence-corrected chi connectivity index (χ4v) is 3.07. The normalized spacial score (nSPS) is 11.8. The van der Waals surface area contributed by atoms with Crippen LogP contribution in [0.3, 0.4) is 0 Å². The molecule has 2 aromatic rings. The molecular formula is C23H34N4O2. The van der Waals surface area contributed by atoms with Crippen LogP contribution in [-0.4, -0.2) is 21.6 Å². The molecule has 2 N–H and O–H groups in total. The Labute approximate surface area is 174 Å². The van der Waals surface area contributed by atoms with Crippen molar-refractivity contribution in [2.45, 2.75) is 72.9 Å². The van der Waals surface area contributed by atoms with Gasteiger partial charge in [0.1, 0.15) is 5.69 Å². The van der Waals surface area contributed by atoms with Crippen LogP contribution in [-0.2, 0) is 16.9 Å². The molecular weight excluding hydrogens is 364 g/mol. The molecule has 0 spiro atoms. The van der Waals surface area contributed by atoms with Gasteiger partial charge < -0.3 is 10.6 Å². The van der Waals surface area contributed by atoms with Crippen LogP contribution in [0.4, 0.5) is 5.69 Å². The summed E-state index contributed by atoms with van der Waals surface area (Å²) in [5.41, 5.74) is 2.92. The number of rotatable bonds is 7. The molecule has 29 heavy (non-hydrogen) atoms. The number of nitrogens with zero attached hydrogens (tertiary/aromatic N) is 2. The van der Waals surface area contributed by atoms with Gasteiger partial charge in [-0.2, -0.15) is 5.10 Å². The van der Waals surface area contributed by atoms with Crippen LogP contribution in [0, 0.1) is 5.92 Å². The number of amides is 2. The molecule has 0 aliphatic heterocycles. The zero-order chi connectivity index (χ0) is 21.8. The van der Waals surface area contributed by atoms with Crippen LogP contribution in [0.1, 0.15) is 82.6 Å². The van der Waals surface area contributed by atoms with E-state index in [0.29, 0.717) is 24.6 Å². The van der Waals surface area contributed by atoms with Crippen molar-refractivity contribution in [3.63, 3.8) is 0 Å². The van der Waals surface area contributed by atoms with Crippen molar-refractivity contribution in [3.8, 4) is 0 Å². The molecule has 1 aromatic heterocycles. The predicted octanol–water partition coefficient (Wildman–Crippen LogP) is 4.68. The van der Waals surface area contributed by atoms with E-state index >= 15 is 0 Å². The van der Waals surface area contributed by atoms with Crippen LogP contribution >= 0.6 is 0 Å². The third-order valence-electron chi connectivity index (χ3n) is 4.45. The number of nitrogens with one attached hydrogen (secondary N) is 2. The molecule has 0 saturated carbocycles. The van der Waals surface area contributed by atoms with Gasteiger partial charge in [-0.3, -0.25) is 14.3 Å². The summed E-state index contributed by atoms with van der Waals surface area (Å²) in [6, 6.07) is 9.40. The van der Waals surface area contributed by atoms with Crippen molar-refractivity contribution in [1.29, 1.82) is 0 Å². The monoisotopic (exact) mass is 398 g/mol. The van der Waals surface area contributed by atoms with Gasteiger partial charge in [-0.05, 0) is 56.4 Å². The Hall–Kier alpha value is -2.63. The first-order valence-electron chi connectivity index (χ1n) is 10.2. The summed E-state index contributed by atoms with van der Waals surface area (Å²) in [6.45, 7) is 14.8. The van der Waals surface area contributed by atoms with E-state index in [2.05, 4.69) is 50.4 Å². The summed E-state index contributed by atoms with van der Waals surface area (Å²) < 4.78 is 1.93. The largest absolute Gasteiger partial charge is 0.347 e. The Kier molecular flexibility index (Phi) is 7.22. The van der Waals surface area contributed by atoms with Gasteiger partial charge in [-0.1, -0.05) is 39.8 Å². The van der Waals surface area contributed by atoms with Crippen LogP contribution < -0.4 is 10.6 Å². The van der Waals surface area contributed by atoms with Gasteiger partial charge in [-0.15, -0.1) is 0 Å². The first kappa shape index (κ1) is 22.7. The molecule has 6 nitrogen and oxygen atoms in total. The Morgan fingerprint density at radius 1 is 1.10 bits per heavy atom. The highest BCUT2D eigenvalue weighted by atomic mass is 16.2. The van der Waals surface area contributed by atoms with E-state index in [0.717, 1.165) is 16.9 Å². The van der Waals surface area contributed by atoms with Crippen LogP contribution in [0.15, 0.2) is 30.3 Å². The summed E-state index contributed by atoms with van der Waals surface area (Å²) >= 11 is 0. The first-order valence-corrected chi connectivity index (χ1v) is 10.2. The smallest absolute Gasteiger partial charge is 0.272 e. The van der Waals surface area contributed by atoms with Gasteiger partial charge in [0.05, 0.1) is 5.54 Å². The average molecular weight is 399 g/mol. The van der Waals surface area contributed by atoms with Gasteiger partial charge in [0.2, 0.25) is 5.91 Å². The second kappa shape index (κ2) is 9.25. The number of benzene rings is 1. The van der Waals surface area contributed by atoms with Crippen molar-refractivity contribution in [2.24, 2.45) is 5.92 Å². The van der Waals surface area contributed by atoms with Gasteiger partial charge in [0.15, 0.2) is 0 Å². The fraction of sp³-hybridized carbons (Fsp3) is 0.522. The minimum atomic E-state index is -0.204. The van der Waals surface area contributed by atoms with Gasteiger partial charge in [0.25, 0.3) is 5.91 Å². The zero-order valence-corrected chi connectivity index (χ0v) is 18.7. The van der Waals surface area contributed by atoms with Gasteiger partial charge >= 0.3 is 0 Å². The van der Waals surface area contributed by atoms with Crippen molar-refractivity contribution in [2.75, 3.05) is 5.32 Å². The summed E-state index contributed by atoms with van der Waals surface area (Å²) in [6.07, 6.45) is 0.482. The van der Waals surface area contributed by atoms with E-state index in [-0.39, 0.29) is 23.3 Å². The maximum atomic E-state index is 12.7. The topological polar surface area (TPSA) is 76.0 Å². The highest BCUT2D eigenvalue weighted by Gasteiger charge is 2.23. The fourth-order valence-electron chi connectivity index (χ4n) is 3.07. The van der Waals surface area contributed by atoms with E-state index in [4.69, 9.17) is 0 Å². The average Bonchev–Trinajstić information content (AvgIpc) is 3.05. The second-order valence-corrected chi connectivity index (χ2v) is 9.22. The second-order valence-electron chi connectivity index (χ2n) is 9.22. The summed E-state index contributed by atoms with van der Waals surface area (Å²) in [7, 11) is 0. The summed E-state index contributed by atoms with van der Waals surface area (Å²) in [5.74, 6) is 0.370. The number of carbonyl (C=O) groups is 2. The predicted molar refractivity (Wildman–Crippen MR) is 117 cm³/mol. The third kappa shape index (κ3) is 6.44. The Morgan fingerprint density at radius 3 is 2.34 bits per heavy atom. The summed E-state index contributed by atoms with van der Waals surface area (Å²) in [4.78, 5) is 24.6. The van der Waals surface area contributed by atoms with E-state index in [9.17, 15) is 9.59 Å². The molecule has 0 fully saturated rings. The minimum Gasteiger partial charge on any atom is -0.347 e. The minimum absolute atomic E-state index is 0.00452. The molecule has 0 aliphatic carbocycles. The van der Waals surface area contributed by atoms with Crippen molar-refractivity contribution in [3.05, 3.63) is 47.3 Å². The third-order valence-corrected chi connectivity index (χ3v) is 4.45. The van der Waals surface area contributed by atoms with Crippen molar-refractivity contribution in [1.82, 2.24) is 15.1 Å². The molecule has 1 aromatic carbocycles. The van der Waals surface area contributed by atoms with Crippen molar-refractivity contribution >= 4 is 17.5 Å². The van der Waals surface area contributed by atoms with E-state index in [1.807, 2.05) is 48.9 Å². The maximum absolute atomic E-state index is 12.7. The number of carbonyl (C=O) groups excluding carboxylic acids is 2. The molecule has 1 heterocycles. The van der Waals surface area contributed by atoms with Crippen LogP contribution in [0.25, 0.3) is 0 Å². The lowest BCUT2D eigenvalue weighted by atomic mass is 10.1. The highest BCUT2D eigenvalue weighted by Crippen LogP contribution is 2.23. The molecule has 0 atom stereocenters. The van der Waals surface area contributed by atoms with Crippen LogP contribution in [0.5, 0.6) is 0 Å². The lowest BCUT2D eigenvalue weighted by Crippen LogP contribution is -2.27. The Balaban J connectivity index is 2.06. The van der Waals surface area contributed by atoms with E-state index in [1.54, 1.807) is 0 Å². The molecule has 158 valence electrons. The Morgan fingerprint density at radius 2 is 1.79 bits per heavy atom. The number of anilines is 1. The molecule has 0 radical (unpaired) electrons. The highest BCUT2D eigenvalue weighted by molar-refractivity contribution is 5.92. The number of hydrogen-bond donors (Lipinski definition) is 2. The molecule has 0 aliphatic rings. The van der Waals surface area contributed by atoms with Crippen molar-refractivity contribution < 1.29 is 9.59 Å². The first-order chi connectivity index (χ1) is 13.5. The molecule has 6 heteroatoms. The van der Waals surface area contributed by atoms with E-state index in [1.165, 1.54) is 0 Å². The quantitative estimate of drug-likeness (QED) is 0.711. The lowest BCUT2D eigenvalue weighted by Gasteiger charge is -2.23. The van der Waals surface area contributed by atoms with E-state index < -0.39 is 0 Å². The Bertz CT molecular complexity index is 860. The van der Waals surface area contributed by atoms with Crippen LogP contribution in [0.2, 0.25) is 0 Å². The molecule has 2 amide bonds. The zero-order valence-electron chi connectivity index (χ0n) is 18.7. The molecule has 0 saturated heterocycles.